The van der Waals surface area contributed by atoms with Crippen LogP contribution in [0.5, 0.6) is 0 Å². The van der Waals surface area contributed by atoms with Crippen molar-refractivity contribution in [3.8, 4) is 0 Å². The Morgan fingerprint density at radius 1 is 0.892 bits per heavy atom. The van der Waals surface area contributed by atoms with Gasteiger partial charge in [0.25, 0.3) is 10.1 Å². The van der Waals surface area contributed by atoms with Crippen LogP contribution in [0.2, 0.25) is 0 Å². The van der Waals surface area contributed by atoms with E-state index in [4.69, 9.17) is 0 Å². The average Bonchev–Trinajstić information content (AvgIpc) is 2.84. The molecule has 3 aromatic rings. The van der Waals surface area contributed by atoms with Crippen LogP contribution in [-0.2, 0) is 26.4 Å². The zero-order valence-corrected chi connectivity index (χ0v) is 23.4. The summed E-state index contributed by atoms with van der Waals surface area (Å²) in [6, 6.07) is 16.3. The van der Waals surface area contributed by atoms with Crippen molar-refractivity contribution >= 4 is 30.7 Å². The smallest absolute Gasteiger partial charge is 0.282 e. The van der Waals surface area contributed by atoms with Gasteiger partial charge in [0.05, 0.1) is 4.90 Å². The van der Waals surface area contributed by atoms with Crippen molar-refractivity contribution < 1.29 is 21.4 Å². The van der Waals surface area contributed by atoms with Crippen molar-refractivity contribution in [1.29, 1.82) is 0 Å². The number of benzene rings is 3. The van der Waals surface area contributed by atoms with Crippen LogP contribution < -0.4 is 0 Å². The molecule has 198 valence electrons. The quantitative estimate of drug-likeness (QED) is 0.279. The van der Waals surface area contributed by atoms with Crippen LogP contribution in [0.15, 0.2) is 76.0 Å². The van der Waals surface area contributed by atoms with Gasteiger partial charge >= 0.3 is 0 Å². The lowest BCUT2D eigenvalue weighted by Gasteiger charge is -2.23. The summed E-state index contributed by atoms with van der Waals surface area (Å²) in [5.74, 6) is 0.436. The summed E-state index contributed by atoms with van der Waals surface area (Å²) in [4.78, 5) is 0.306. The van der Waals surface area contributed by atoms with Crippen molar-refractivity contribution in [3.05, 3.63) is 82.9 Å². The van der Waals surface area contributed by atoms with E-state index in [-0.39, 0.29) is 16.7 Å². The molecule has 0 aliphatic heterocycles. The zero-order chi connectivity index (χ0) is 26.8. The molecule has 0 fully saturated rings. The number of aryl methyl sites for hydroxylation is 1. The molecule has 0 bridgehead atoms. The Hall–Kier alpha value is -2.48. The highest BCUT2D eigenvalue weighted by atomic mass is 32.2. The van der Waals surface area contributed by atoms with E-state index in [1.807, 2.05) is 30.3 Å². The van der Waals surface area contributed by atoms with Gasteiger partial charge in [-0.05, 0) is 84.7 Å². The summed E-state index contributed by atoms with van der Waals surface area (Å²) in [5, 5.41) is 1.49. The first-order chi connectivity index (χ1) is 17.5. The number of hydrogen-bond donors (Lipinski definition) is 1. The fraction of sp³-hybridized carbons (Fsp3) is 0.400. The number of allylic oxidation sites excluding steroid dienone is 2. The molecular weight excluding hydrogens is 504 g/mol. The van der Waals surface area contributed by atoms with E-state index < -0.39 is 20.0 Å². The second kappa shape index (κ2) is 11.1. The molecule has 7 heteroatoms. The first kappa shape index (κ1) is 27.6. The first-order valence-corrected chi connectivity index (χ1v) is 16.3. The van der Waals surface area contributed by atoms with E-state index in [1.54, 1.807) is 24.3 Å². The molecule has 0 saturated carbocycles. The molecule has 2 unspecified atom stereocenters. The molecule has 1 aliphatic carbocycles. The van der Waals surface area contributed by atoms with Gasteiger partial charge in [0.1, 0.15) is 4.90 Å². The van der Waals surface area contributed by atoms with Gasteiger partial charge in [-0.1, -0.05) is 68.3 Å². The SMILES string of the molecule is CC1CCCCC=C(C(C)c2ccc(S(C)(=O)=O)cc2)CCCc2cc(S(=O)(=O)O)c3ccccc3c21. The molecular formula is C30H36O5S2. The van der Waals surface area contributed by atoms with Crippen molar-refractivity contribution in [2.24, 2.45) is 0 Å². The monoisotopic (exact) mass is 540 g/mol. The van der Waals surface area contributed by atoms with E-state index in [9.17, 15) is 21.4 Å². The van der Waals surface area contributed by atoms with Gasteiger partial charge in [0.2, 0.25) is 0 Å². The Labute approximate surface area is 221 Å². The lowest BCUT2D eigenvalue weighted by molar-refractivity contribution is 0.484. The van der Waals surface area contributed by atoms with Crippen LogP contribution in [-0.4, -0.2) is 27.6 Å². The molecule has 0 aromatic heterocycles. The molecule has 3 aromatic carbocycles. The lowest BCUT2D eigenvalue weighted by Crippen LogP contribution is -2.08. The van der Waals surface area contributed by atoms with Gasteiger partial charge in [-0.2, -0.15) is 8.42 Å². The molecule has 2 atom stereocenters. The highest BCUT2D eigenvalue weighted by Crippen LogP contribution is 2.38. The summed E-state index contributed by atoms with van der Waals surface area (Å²) in [6.45, 7) is 4.38. The molecule has 4 rings (SSSR count). The summed E-state index contributed by atoms with van der Waals surface area (Å²) in [7, 11) is -7.59. The van der Waals surface area contributed by atoms with Gasteiger partial charge in [-0.25, -0.2) is 8.42 Å². The molecule has 0 saturated heterocycles. The third kappa shape index (κ3) is 6.33. The highest BCUT2D eigenvalue weighted by Gasteiger charge is 2.23. The molecule has 1 N–H and O–H groups in total. The Kier molecular flexibility index (Phi) is 8.26. The normalized spacial score (nSPS) is 18.8. The lowest BCUT2D eigenvalue weighted by atomic mass is 9.83. The Morgan fingerprint density at radius 3 is 2.22 bits per heavy atom. The minimum absolute atomic E-state index is 0.0174. The maximum absolute atomic E-state index is 12.3. The molecule has 5 nitrogen and oxygen atoms in total. The van der Waals surface area contributed by atoms with Crippen molar-refractivity contribution in [3.63, 3.8) is 0 Å². The third-order valence-electron chi connectivity index (χ3n) is 7.68. The van der Waals surface area contributed by atoms with Gasteiger partial charge in [0, 0.05) is 17.6 Å². The van der Waals surface area contributed by atoms with E-state index in [0.29, 0.717) is 16.7 Å². The van der Waals surface area contributed by atoms with E-state index in [0.717, 1.165) is 55.0 Å². The molecule has 0 heterocycles. The second-order valence-electron chi connectivity index (χ2n) is 10.3. The number of hydrogen-bond acceptors (Lipinski definition) is 4. The number of rotatable bonds is 4. The minimum Gasteiger partial charge on any atom is -0.282 e. The van der Waals surface area contributed by atoms with Gasteiger partial charge in [-0.3, -0.25) is 4.55 Å². The summed E-state index contributed by atoms with van der Waals surface area (Å²) < 4.78 is 58.3. The molecule has 0 spiro atoms. The molecule has 37 heavy (non-hydrogen) atoms. The van der Waals surface area contributed by atoms with Crippen molar-refractivity contribution in [2.45, 2.75) is 80.4 Å². The summed E-state index contributed by atoms with van der Waals surface area (Å²) in [5.41, 5.74) is 4.58. The van der Waals surface area contributed by atoms with Gasteiger partial charge in [0.15, 0.2) is 9.84 Å². The van der Waals surface area contributed by atoms with Crippen molar-refractivity contribution in [1.82, 2.24) is 0 Å². The van der Waals surface area contributed by atoms with E-state index in [1.165, 1.54) is 17.4 Å². The Balaban J connectivity index is 1.68. The molecule has 0 amide bonds. The Morgan fingerprint density at radius 2 is 1.57 bits per heavy atom. The topological polar surface area (TPSA) is 88.5 Å². The predicted octanol–water partition coefficient (Wildman–Crippen LogP) is 7.22. The molecule has 1 aliphatic rings. The van der Waals surface area contributed by atoms with Crippen LogP contribution in [0, 0.1) is 0 Å². The molecule has 0 radical (unpaired) electrons. The maximum Gasteiger partial charge on any atom is 0.295 e. The van der Waals surface area contributed by atoms with Crippen LogP contribution in [0.4, 0.5) is 0 Å². The van der Waals surface area contributed by atoms with Crippen LogP contribution in [0.25, 0.3) is 10.8 Å². The fourth-order valence-corrected chi connectivity index (χ4v) is 7.02. The second-order valence-corrected chi connectivity index (χ2v) is 13.8. The van der Waals surface area contributed by atoms with E-state index >= 15 is 0 Å². The van der Waals surface area contributed by atoms with Crippen LogP contribution in [0.3, 0.4) is 0 Å². The number of sulfone groups is 1. The summed E-state index contributed by atoms with van der Waals surface area (Å²) in [6.07, 6.45) is 10.1. The average molecular weight is 541 g/mol. The standard InChI is InChI=1S/C30H36O5S2/c1-21-10-5-4-6-11-23(22(2)24-16-18-26(19-17-24)36(3,31)32)12-9-13-25-20-29(37(33,34)35)27-14-7-8-15-28(27)30(21)25/h7-8,11,14-22H,4-6,9-10,12-13H2,1-3H3,(H,33,34,35). The summed E-state index contributed by atoms with van der Waals surface area (Å²) >= 11 is 0. The number of fused-ring (bicyclic) bond motifs is 3. The Bertz CT molecular complexity index is 1520. The first-order valence-electron chi connectivity index (χ1n) is 13.0. The van der Waals surface area contributed by atoms with E-state index in [2.05, 4.69) is 19.9 Å². The minimum atomic E-state index is -4.36. The predicted molar refractivity (Wildman–Crippen MR) is 150 cm³/mol. The van der Waals surface area contributed by atoms with Gasteiger partial charge < -0.3 is 0 Å². The third-order valence-corrected chi connectivity index (χ3v) is 9.70. The zero-order valence-electron chi connectivity index (χ0n) is 21.8. The fourth-order valence-electron chi connectivity index (χ4n) is 5.64. The van der Waals surface area contributed by atoms with Crippen LogP contribution >= 0.6 is 0 Å². The van der Waals surface area contributed by atoms with Crippen LogP contribution in [0.1, 0.15) is 80.9 Å². The largest absolute Gasteiger partial charge is 0.295 e. The highest BCUT2D eigenvalue weighted by molar-refractivity contribution is 7.90. The van der Waals surface area contributed by atoms with Crippen molar-refractivity contribution in [2.75, 3.05) is 6.26 Å². The van der Waals surface area contributed by atoms with Gasteiger partial charge in [-0.15, -0.1) is 0 Å². The maximum atomic E-state index is 12.3.